The van der Waals surface area contributed by atoms with Gasteiger partial charge in [-0.2, -0.15) is 0 Å². The number of anilines is 1. The molecule has 4 rings (SSSR count). The number of aromatic nitrogens is 4. The van der Waals surface area contributed by atoms with E-state index in [1.165, 1.54) is 0 Å². The van der Waals surface area contributed by atoms with Gasteiger partial charge in [0.05, 0.1) is 23.4 Å². The number of H-pyrrole nitrogens is 2. The number of benzene rings is 1. The maximum absolute atomic E-state index is 12.5. The molecule has 0 saturated heterocycles. The highest BCUT2D eigenvalue weighted by Crippen LogP contribution is 2.30. The molecule has 0 atom stereocenters. The Balaban J connectivity index is 1.77. The predicted molar refractivity (Wildman–Crippen MR) is 109 cm³/mol. The monoisotopic (exact) mass is 473 g/mol. The SMILES string of the molecule is O=c1[nH]ccc(NCc2ccccn2)c1-c1nc2c(Br)cc(Br)cc2[nH]1. The van der Waals surface area contributed by atoms with Gasteiger partial charge in [0.15, 0.2) is 0 Å². The van der Waals surface area contributed by atoms with Gasteiger partial charge in [-0.25, -0.2) is 4.98 Å². The number of fused-ring (bicyclic) bond motifs is 1. The van der Waals surface area contributed by atoms with Gasteiger partial charge in [0.25, 0.3) is 5.56 Å². The molecule has 0 saturated carbocycles. The van der Waals surface area contributed by atoms with E-state index < -0.39 is 0 Å². The summed E-state index contributed by atoms with van der Waals surface area (Å²) >= 11 is 6.97. The maximum atomic E-state index is 12.5. The van der Waals surface area contributed by atoms with Crippen LogP contribution in [0.3, 0.4) is 0 Å². The summed E-state index contributed by atoms with van der Waals surface area (Å²) in [6.45, 7) is 0.507. The topological polar surface area (TPSA) is 86.5 Å². The van der Waals surface area contributed by atoms with Crippen LogP contribution in [0.1, 0.15) is 5.69 Å². The Hall–Kier alpha value is -2.45. The summed E-state index contributed by atoms with van der Waals surface area (Å²) in [6.07, 6.45) is 3.35. The Morgan fingerprint density at radius 2 is 2.04 bits per heavy atom. The maximum Gasteiger partial charge on any atom is 0.261 e. The molecule has 0 aliphatic heterocycles. The van der Waals surface area contributed by atoms with Gasteiger partial charge in [-0.15, -0.1) is 0 Å². The zero-order chi connectivity index (χ0) is 18.1. The van der Waals surface area contributed by atoms with E-state index >= 15 is 0 Å². The van der Waals surface area contributed by atoms with Crippen LogP contribution in [0.2, 0.25) is 0 Å². The van der Waals surface area contributed by atoms with Crippen LogP contribution in [0.5, 0.6) is 0 Å². The molecule has 6 nitrogen and oxygen atoms in total. The Kier molecular flexibility index (Phi) is 4.60. The fraction of sp³-hybridized carbons (Fsp3) is 0.0556. The summed E-state index contributed by atoms with van der Waals surface area (Å²) in [6, 6.07) is 11.4. The second-order valence-electron chi connectivity index (χ2n) is 5.64. The number of imidazole rings is 1. The standard InChI is InChI=1S/C18H13Br2N5O/c19-10-7-12(20)16-14(8-10)24-17(25-16)15-13(4-6-22-18(15)26)23-9-11-3-1-2-5-21-11/h1-8H,9H2,(H,24,25)(H2,22,23,26). The lowest BCUT2D eigenvalue weighted by molar-refractivity contribution is 1.04. The molecule has 0 unspecified atom stereocenters. The summed E-state index contributed by atoms with van der Waals surface area (Å²) in [5.74, 6) is 0.504. The molecule has 130 valence electrons. The number of halogens is 2. The molecular formula is C18H13Br2N5O. The van der Waals surface area contributed by atoms with Gasteiger partial charge in [0, 0.05) is 21.3 Å². The molecule has 1 aromatic carbocycles. The van der Waals surface area contributed by atoms with Crippen molar-refractivity contribution >= 4 is 48.6 Å². The van der Waals surface area contributed by atoms with Crippen molar-refractivity contribution in [2.24, 2.45) is 0 Å². The van der Waals surface area contributed by atoms with E-state index in [2.05, 4.69) is 57.1 Å². The van der Waals surface area contributed by atoms with Gasteiger partial charge >= 0.3 is 0 Å². The molecular weight excluding hydrogens is 462 g/mol. The Bertz CT molecular complexity index is 1140. The van der Waals surface area contributed by atoms with Crippen LogP contribution in [0.15, 0.2) is 62.5 Å². The number of aromatic amines is 2. The van der Waals surface area contributed by atoms with E-state index in [0.29, 0.717) is 23.6 Å². The molecule has 8 heteroatoms. The first kappa shape index (κ1) is 17.0. The third-order valence-electron chi connectivity index (χ3n) is 3.89. The van der Waals surface area contributed by atoms with Crippen LogP contribution in [0.25, 0.3) is 22.4 Å². The minimum absolute atomic E-state index is 0.217. The average molecular weight is 475 g/mol. The van der Waals surface area contributed by atoms with Crippen molar-refractivity contribution in [1.82, 2.24) is 19.9 Å². The lowest BCUT2D eigenvalue weighted by Crippen LogP contribution is -2.13. The van der Waals surface area contributed by atoms with Gasteiger partial charge in [0.1, 0.15) is 16.9 Å². The first-order chi connectivity index (χ1) is 12.6. The van der Waals surface area contributed by atoms with E-state index in [0.717, 1.165) is 25.7 Å². The van der Waals surface area contributed by atoms with Gasteiger partial charge in [-0.1, -0.05) is 22.0 Å². The van der Waals surface area contributed by atoms with E-state index in [4.69, 9.17) is 0 Å². The van der Waals surface area contributed by atoms with E-state index in [9.17, 15) is 4.79 Å². The first-order valence-electron chi connectivity index (χ1n) is 7.82. The number of nitrogens with zero attached hydrogens (tertiary/aromatic N) is 2. The molecule has 0 aliphatic carbocycles. The van der Waals surface area contributed by atoms with Crippen molar-refractivity contribution in [1.29, 1.82) is 0 Å². The largest absolute Gasteiger partial charge is 0.379 e. The minimum atomic E-state index is -0.217. The molecule has 0 fully saturated rings. The Labute approximate surface area is 165 Å². The fourth-order valence-electron chi connectivity index (χ4n) is 2.71. The summed E-state index contributed by atoms with van der Waals surface area (Å²) in [4.78, 5) is 27.3. The highest BCUT2D eigenvalue weighted by Gasteiger charge is 2.15. The molecule has 0 amide bonds. The number of pyridine rings is 2. The number of hydrogen-bond acceptors (Lipinski definition) is 4. The molecule has 4 aromatic rings. The molecule has 0 spiro atoms. The van der Waals surface area contributed by atoms with Crippen LogP contribution in [0.4, 0.5) is 5.69 Å². The minimum Gasteiger partial charge on any atom is -0.379 e. The van der Waals surface area contributed by atoms with Crippen LogP contribution in [-0.2, 0) is 6.54 Å². The van der Waals surface area contributed by atoms with Gasteiger partial charge < -0.3 is 15.3 Å². The van der Waals surface area contributed by atoms with E-state index in [-0.39, 0.29) is 5.56 Å². The lowest BCUT2D eigenvalue weighted by atomic mass is 10.2. The lowest BCUT2D eigenvalue weighted by Gasteiger charge is -2.09. The molecule has 0 aliphatic rings. The highest BCUT2D eigenvalue weighted by atomic mass is 79.9. The van der Waals surface area contributed by atoms with Crippen molar-refractivity contribution in [2.75, 3.05) is 5.32 Å². The summed E-state index contributed by atoms with van der Waals surface area (Å²) in [7, 11) is 0. The van der Waals surface area contributed by atoms with Crippen LogP contribution < -0.4 is 10.9 Å². The number of nitrogens with one attached hydrogen (secondary N) is 3. The summed E-state index contributed by atoms with van der Waals surface area (Å²) < 4.78 is 1.77. The molecule has 3 heterocycles. The van der Waals surface area contributed by atoms with Crippen molar-refractivity contribution in [3.05, 3.63) is 73.8 Å². The quantitative estimate of drug-likeness (QED) is 0.407. The van der Waals surface area contributed by atoms with Gasteiger partial charge in [-0.3, -0.25) is 9.78 Å². The van der Waals surface area contributed by atoms with Crippen LogP contribution in [0, 0.1) is 0 Å². The second-order valence-corrected chi connectivity index (χ2v) is 7.41. The predicted octanol–water partition coefficient (Wildman–Crippen LogP) is 4.45. The second kappa shape index (κ2) is 7.05. The Morgan fingerprint density at radius 3 is 2.85 bits per heavy atom. The Morgan fingerprint density at radius 1 is 1.15 bits per heavy atom. The highest BCUT2D eigenvalue weighted by molar-refractivity contribution is 9.11. The molecule has 0 radical (unpaired) electrons. The van der Waals surface area contributed by atoms with Gasteiger partial charge in [0.2, 0.25) is 0 Å². The van der Waals surface area contributed by atoms with Crippen molar-refractivity contribution in [2.45, 2.75) is 6.54 Å². The number of hydrogen-bond donors (Lipinski definition) is 3. The van der Waals surface area contributed by atoms with Crippen molar-refractivity contribution < 1.29 is 0 Å². The third-order valence-corrected chi connectivity index (χ3v) is 4.95. The van der Waals surface area contributed by atoms with Gasteiger partial charge in [-0.05, 0) is 46.3 Å². The van der Waals surface area contributed by atoms with Crippen LogP contribution >= 0.6 is 31.9 Å². The van der Waals surface area contributed by atoms with Crippen molar-refractivity contribution in [3.8, 4) is 11.4 Å². The average Bonchev–Trinajstić information content (AvgIpc) is 3.04. The summed E-state index contributed by atoms with van der Waals surface area (Å²) in [5, 5.41) is 3.28. The normalized spacial score (nSPS) is 11.0. The molecule has 3 aromatic heterocycles. The first-order valence-corrected chi connectivity index (χ1v) is 9.41. The smallest absolute Gasteiger partial charge is 0.261 e. The zero-order valence-corrected chi connectivity index (χ0v) is 16.6. The molecule has 3 N–H and O–H groups in total. The molecule has 0 bridgehead atoms. The van der Waals surface area contributed by atoms with E-state index in [1.807, 2.05) is 36.4 Å². The third kappa shape index (κ3) is 3.30. The summed E-state index contributed by atoms with van der Waals surface area (Å²) in [5.41, 5.74) is 3.42. The molecule has 26 heavy (non-hydrogen) atoms. The zero-order valence-electron chi connectivity index (χ0n) is 13.4. The van der Waals surface area contributed by atoms with Crippen molar-refractivity contribution in [3.63, 3.8) is 0 Å². The fourth-order valence-corrected chi connectivity index (χ4v) is 4.02. The van der Waals surface area contributed by atoms with E-state index in [1.54, 1.807) is 12.4 Å². The number of rotatable bonds is 4. The van der Waals surface area contributed by atoms with Crippen LogP contribution in [-0.4, -0.2) is 19.9 Å².